The van der Waals surface area contributed by atoms with E-state index in [2.05, 4.69) is 60.5 Å². The number of hydrogen-bond donors (Lipinski definition) is 0. The molecule has 4 aromatic rings. The van der Waals surface area contributed by atoms with E-state index in [1.54, 1.807) is 0 Å². The lowest BCUT2D eigenvalue weighted by Gasteiger charge is -2.07. The Labute approximate surface area is 153 Å². The molecule has 2 aromatic carbocycles. The van der Waals surface area contributed by atoms with Crippen LogP contribution in [0.2, 0.25) is 0 Å². The fraction of sp³-hybridized carbons (Fsp3) is 0.217. The Morgan fingerprint density at radius 1 is 1.08 bits per heavy atom. The summed E-state index contributed by atoms with van der Waals surface area (Å²) in [7, 11) is 2.05. The molecule has 0 N–H and O–H groups in total. The van der Waals surface area contributed by atoms with E-state index in [0.29, 0.717) is 11.3 Å². The molecular formula is C23H21N2O+. The van der Waals surface area contributed by atoms with Crippen LogP contribution in [0.15, 0.2) is 53.1 Å². The van der Waals surface area contributed by atoms with Crippen molar-refractivity contribution in [1.29, 1.82) is 0 Å². The smallest absolute Gasteiger partial charge is 0.232 e. The van der Waals surface area contributed by atoms with Crippen molar-refractivity contribution in [1.82, 2.24) is 0 Å². The molecule has 2 heterocycles. The second-order valence-corrected chi connectivity index (χ2v) is 7.11. The van der Waals surface area contributed by atoms with Crippen molar-refractivity contribution < 1.29 is 8.98 Å². The third-order valence-electron chi connectivity index (χ3n) is 5.06. The Kier molecular flexibility index (Phi) is 3.77. The summed E-state index contributed by atoms with van der Waals surface area (Å²) in [5, 5.41) is 2.09. The van der Waals surface area contributed by atoms with E-state index in [1.165, 1.54) is 5.56 Å². The number of aromatic nitrogens is 1. The van der Waals surface area contributed by atoms with Gasteiger partial charge in [0.2, 0.25) is 11.4 Å². The van der Waals surface area contributed by atoms with Gasteiger partial charge in [0.05, 0.1) is 12.1 Å². The molecule has 0 unspecified atom stereocenters. The van der Waals surface area contributed by atoms with Gasteiger partial charge in [-0.3, -0.25) is 0 Å². The standard InChI is InChI=1S/C23H21N2O/c1-14(2)16-9-10-17-19-12-15(3)18(20-8-6-7-11-25(20)5)13-21(19)26-23(17)22(16)24-4/h6-14H,1-3,5H3/q+1. The average molecular weight is 341 g/mol. The van der Waals surface area contributed by atoms with E-state index in [0.717, 1.165) is 33.2 Å². The van der Waals surface area contributed by atoms with Crippen LogP contribution in [0.1, 0.15) is 30.9 Å². The SMILES string of the molecule is [C-]#[N+]c1c(C(C)C)ccc2c1oc1cc(-c3cccc[n+]3C)c(C)cc12. The van der Waals surface area contributed by atoms with Crippen LogP contribution in [0.5, 0.6) is 0 Å². The molecule has 0 aliphatic rings. The number of rotatable bonds is 2. The van der Waals surface area contributed by atoms with Crippen LogP contribution in [0.3, 0.4) is 0 Å². The van der Waals surface area contributed by atoms with Crippen LogP contribution in [-0.4, -0.2) is 0 Å². The number of fused-ring (bicyclic) bond motifs is 3. The van der Waals surface area contributed by atoms with Gasteiger partial charge in [0.15, 0.2) is 6.20 Å². The first-order valence-corrected chi connectivity index (χ1v) is 8.83. The van der Waals surface area contributed by atoms with Gasteiger partial charge < -0.3 is 4.42 Å². The molecule has 2 aromatic heterocycles. The van der Waals surface area contributed by atoms with Gasteiger partial charge in [-0.15, -0.1) is 0 Å². The molecule has 4 rings (SSSR count). The van der Waals surface area contributed by atoms with Gasteiger partial charge in [-0.05, 0) is 42.2 Å². The molecule has 0 aliphatic heterocycles. The van der Waals surface area contributed by atoms with E-state index < -0.39 is 0 Å². The quantitative estimate of drug-likeness (QED) is 0.321. The summed E-state index contributed by atoms with van der Waals surface area (Å²) in [5.74, 6) is 0.289. The lowest BCUT2D eigenvalue weighted by atomic mass is 9.97. The Hall–Kier alpha value is -3.12. The number of pyridine rings is 1. The first kappa shape index (κ1) is 16.4. The van der Waals surface area contributed by atoms with Gasteiger partial charge in [0.1, 0.15) is 18.2 Å². The highest BCUT2D eigenvalue weighted by Crippen LogP contribution is 2.41. The van der Waals surface area contributed by atoms with Gasteiger partial charge in [-0.25, -0.2) is 9.41 Å². The summed E-state index contributed by atoms with van der Waals surface area (Å²) < 4.78 is 8.31. The van der Waals surface area contributed by atoms with Crippen LogP contribution in [0.4, 0.5) is 5.69 Å². The van der Waals surface area contributed by atoms with Crippen molar-refractivity contribution in [3.8, 4) is 11.3 Å². The number of hydrogen-bond acceptors (Lipinski definition) is 1. The van der Waals surface area contributed by atoms with Crippen LogP contribution in [0, 0.1) is 13.5 Å². The zero-order chi connectivity index (χ0) is 18.4. The van der Waals surface area contributed by atoms with Gasteiger partial charge >= 0.3 is 0 Å². The molecule has 0 aliphatic carbocycles. The molecule has 0 saturated heterocycles. The van der Waals surface area contributed by atoms with Crippen molar-refractivity contribution in [3.63, 3.8) is 0 Å². The number of aryl methyl sites for hydroxylation is 2. The Morgan fingerprint density at radius 2 is 1.88 bits per heavy atom. The van der Waals surface area contributed by atoms with Crippen LogP contribution in [-0.2, 0) is 7.05 Å². The Bertz CT molecular complexity index is 1190. The van der Waals surface area contributed by atoms with Crippen molar-refractivity contribution in [2.45, 2.75) is 26.7 Å². The summed E-state index contributed by atoms with van der Waals surface area (Å²) in [6, 6.07) is 14.6. The second kappa shape index (κ2) is 6.00. The first-order valence-electron chi connectivity index (χ1n) is 8.83. The summed E-state index contributed by atoms with van der Waals surface area (Å²) in [5.41, 5.74) is 6.69. The highest BCUT2D eigenvalue weighted by molar-refractivity contribution is 6.10. The molecule has 0 saturated carbocycles. The van der Waals surface area contributed by atoms with Gasteiger partial charge in [0, 0.05) is 22.9 Å². The third-order valence-corrected chi connectivity index (χ3v) is 5.06. The lowest BCUT2D eigenvalue weighted by molar-refractivity contribution is -0.660. The van der Waals surface area contributed by atoms with E-state index >= 15 is 0 Å². The molecule has 0 spiro atoms. The Morgan fingerprint density at radius 3 is 2.58 bits per heavy atom. The highest BCUT2D eigenvalue weighted by atomic mass is 16.3. The van der Waals surface area contributed by atoms with E-state index in [1.807, 2.05) is 25.4 Å². The van der Waals surface area contributed by atoms with E-state index in [-0.39, 0.29) is 5.92 Å². The minimum absolute atomic E-state index is 0.289. The molecular weight excluding hydrogens is 320 g/mol. The van der Waals surface area contributed by atoms with E-state index in [9.17, 15) is 0 Å². The minimum Gasteiger partial charge on any atom is -0.467 e. The fourth-order valence-electron chi connectivity index (χ4n) is 3.66. The molecule has 3 heteroatoms. The number of benzene rings is 2. The minimum atomic E-state index is 0.289. The first-order chi connectivity index (χ1) is 12.5. The largest absolute Gasteiger partial charge is 0.467 e. The summed E-state index contributed by atoms with van der Waals surface area (Å²) in [6.07, 6.45) is 2.05. The average Bonchev–Trinajstić information content (AvgIpc) is 2.98. The normalized spacial score (nSPS) is 11.4. The van der Waals surface area contributed by atoms with Crippen molar-refractivity contribution in [3.05, 3.63) is 71.2 Å². The summed E-state index contributed by atoms with van der Waals surface area (Å²) in [4.78, 5) is 3.78. The maximum Gasteiger partial charge on any atom is 0.232 e. The summed E-state index contributed by atoms with van der Waals surface area (Å²) >= 11 is 0. The topological polar surface area (TPSA) is 21.4 Å². The molecule has 26 heavy (non-hydrogen) atoms. The van der Waals surface area contributed by atoms with Gasteiger partial charge in [0.25, 0.3) is 0 Å². The third kappa shape index (κ3) is 2.38. The van der Waals surface area contributed by atoms with Gasteiger partial charge in [-0.2, -0.15) is 0 Å². The monoisotopic (exact) mass is 341 g/mol. The maximum absolute atomic E-state index is 7.64. The molecule has 0 bridgehead atoms. The second-order valence-electron chi connectivity index (χ2n) is 7.11. The molecule has 128 valence electrons. The fourth-order valence-corrected chi connectivity index (χ4v) is 3.66. The molecule has 3 nitrogen and oxygen atoms in total. The van der Waals surface area contributed by atoms with Crippen LogP contribution in [0.25, 0.3) is 38.0 Å². The number of furan rings is 1. The zero-order valence-corrected chi connectivity index (χ0v) is 15.5. The summed E-state index contributed by atoms with van der Waals surface area (Å²) in [6.45, 7) is 14.0. The van der Waals surface area contributed by atoms with E-state index in [4.69, 9.17) is 11.0 Å². The highest BCUT2D eigenvalue weighted by Gasteiger charge is 2.19. The van der Waals surface area contributed by atoms with Crippen molar-refractivity contribution in [2.75, 3.05) is 0 Å². The molecule has 0 atom stereocenters. The maximum atomic E-state index is 7.64. The zero-order valence-electron chi connectivity index (χ0n) is 15.5. The predicted molar refractivity (Wildman–Crippen MR) is 105 cm³/mol. The molecule has 0 amide bonds. The Balaban J connectivity index is 2.05. The van der Waals surface area contributed by atoms with Crippen LogP contribution >= 0.6 is 0 Å². The lowest BCUT2D eigenvalue weighted by Crippen LogP contribution is -2.30. The number of nitrogens with zero attached hydrogens (tertiary/aromatic N) is 2. The van der Waals surface area contributed by atoms with Crippen molar-refractivity contribution in [2.24, 2.45) is 7.05 Å². The van der Waals surface area contributed by atoms with Crippen LogP contribution < -0.4 is 4.57 Å². The molecule has 0 radical (unpaired) electrons. The predicted octanol–water partition coefficient (Wildman–Crippen LogP) is 6.06. The van der Waals surface area contributed by atoms with Gasteiger partial charge in [-0.1, -0.05) is 26.0 Å². The van der Waals surface area contributed by atoms with Crippen molar-refractivity contribution >= 4 is 27.6 Å². The molecule has 0 fully saturated rings.